The van der Waals surface area contributed by atoms with Gasteiger partial charge in [-0.05, 0) is 49.3 Å². The fourth-order valence-electron chi connectivity index (χ4n) is 4.61. The average molecular weight is 393 g/mol. The van der Waals surface area contributed by atoms with E-state index in [1.165, 1.54) is 5.56 Å². The Labute approximate surface area is 170 Å². The first-order valence-corrected chi connectivity index (χ1v) is 10.1. The van der Waals surface area contributed by atoms with Crippen molar-refractivity contribution in [3.05, 3.63) is 59.3 Å². The number of hydrogen-bond acceptors (Lipinski definition) is 5. The highest BCUT2D eigenvalue weighted by atomic mass is 16.2. The smallest absolute Gasteiger partial charge is 0.237 e. The van der Waals surface area contributed by atoms with Gasteiger partial charge in [0, 0.05) is 12.2 Å². The van der Waals surface area contributed by atoms with Crippen molar-refractivity contribution in [1.82, 2.24) is 15.2 Å². The van der Waals surface area contributed by atoms with Crippen molar-refractivity contribution in [1.29, 1.82) is 0 Å². The summed E-state index contributed by atoms with van der Waals surface area (Å²) in [5.41, 5.74) is 14.6. The van der Waals surface area contributed by atoms with Gasteiger partial charge in [0.25, 0.3) is 0 Å². The molecule has 2 amide bonds. The SMILES string of the molecule is C[C@@H](C(=O)N[C@H]1CCc2nc(N)ccc21)N1CC(c2ccccc2)CC1C(N)=O. The summed E-state index contributed by atoms with van der Waals surface area (Å²) in [4.78, 5) is 31.4. The molecule has 0 spiro atoms. The minimum absolute atomic E-state index is 0.0763. The summed E-state index contributed by atoms with van der Waals surface area (Å²) in [5, 5.41) is 3.13. The number of pyridine rings is 1. The third-order valence-corrected chi connectivity index (χ3v) is 6.21. The van der Waals surface area contributed by atoms with E-state index in [0.29, 0.717) is 18.8 Å². The summed E-state index contributed by atoms with van der Waals surface area (Å²) < 4.78 is 0. The lowest BCUT2D eigenvalue weighted by Crippen LogP contribution is -2.51. The van der Waals surface area contributed by atoms with Crippen LogP contribution in [0.2, 0.25) is 0 Å². The van der Waals surface area contributed by atoms with Crippen LogP contribution in [-0.4, -0.2) is 40.3 Å². The number of rotatable bonds is 5. The van der Waals surface area contributed by atoms with E-state index in [1.54, 1.807) is 6.07 Å². The molecule has 2 heterocycles. The molecule has 4 atom stereocenters. The number of nitrogens with one attached hydrogen (secondary N) is 1. The van der Waals surface area contributed by atoms with Crippen LogP contribution in [0.4, 0.5) is 5.82 Å². The zero-order valence-corrected chi connectivity index (χ0v) is 16.5. The average Bonchev–Trinajstić information content (AvgIpc) is 3.32. The Hall–Kier alpha value is -2.93. The minimum atomic E-state index is -0.452. The summed E-state index contributed by atoms with van der Waals surface area (Å²) in [5.74, 6) is 0.203. The van der Waals surface area contributed by atoms with Gasteiger partial charge in [0.1, 0.15) is 5.82 Å². The molecular weight excluding hydrogens is 366 g/mol. The van der Waals surface area contributed by atoms with Crippen LogP contribution >= 0.6 is 0 Å². The van der Waals surface area contributed by atoms with Crippen LogP contribution in [0.25, 0.3) is 0 Å². The number of amides is 2. The molecule has 7 nitrogen and oxygen atoms in total. The van der Waals surface area contributed by atoms with Crippen LogP contribution in [0.3, 0.4) is 0 Å². The molecule has 1 aliphatic heterocycles. The van der Waals surface area contributed by atoms with Gasteiger partial charge in [-0.3, -0.25) is 14.5 Å². The van der Waals surface area contributed by atoms with Crippen molar-refractivity contribution >= 4 is 17.6 Å². The second-order valence-corrected chi connectivity index (χ2v) is 8.01. The molecule has 152 valence electrons. The Balaban J connectivity index is 1.47. The van der Waals surface area contributed by atoms with Crippen LogP contribution in [-0.2, 0) is 16.0 Å². The van der Waals surface area contributed by atoms with E-state index >= 15 is 0 Å². The third kappa shape index (κ3) is 3.82. The van der Waals surface area contributed by atoms with Gasteiger partial charge in [0.05, 0.1) is 18.1 Å². The Morgan fingerprint density at radius 1 is 1.21 bits per heavy atom. The predicted octanol–water partition coefficient (Wildman–Crippen LogP) is 1.50. The Morgan fingerprint density at radius 2 is 1.97 bits per heavy atom. The topological polar surface area (TPSA) is 114 Å². The van der Waals surface area contributed by atoms with Gasteiger partial charge in [0.2, 0.25) is 11.8 Å². The van der Waals surface area contributed by atoms with E-state index in [9.17, 15) is 9.59 Å². The number of anilines is 1. The molecule has 2 unspecified atom stereocenters. The molecule has 0 bridgehead atoms. The number of nitrogen functional groups attached to an aromatic ring is 1. The van der Waals surface area contributed by atoms with Gasteiger partial charge in [-0.2, -0.15) is 0 Å². The molecular formula is C22H27N5O2. The number of benzene rings is 1. The fraction of sp³-hybridized carbons (Fsp3) is 0.409. The molecule has 1 fully saturated rings. The number of nitrogens with zero attached hydrogens (tertiary/aromatic N) is 2. The maximum Gasteiger partial charge on any atom is 0.237 e. The summed E-state index contributed by atoms with van der Waals surface area (Å²) in [6.07, 6.45) is 2.23. The van der Waals surface area contributed by atoms with Gasteiger partial charge in [-0.15, -0.1) is 0 Å². The highest BCUT2D eigenvalue weighted by molar-refractivity contribution is 5.85. The van der Waals surface area contributed by atoms with E-state index in [2.05, 4.69) is 22.4 Å². The zero-order valence-electron chi connectivity index (χ0n) is 16.5. The lowest BCUT2D eigenvalue weighted by molar-refractivity contribution is -0.129. The standard InChI is InChI=1S/C22H27N5O2/c1-13(22(29)26-18-9-8-17-16(18)7-10-20(23)25-17)27-12-15(11-19(27)21(24)28)14-5-3-2-4-6-14/h2-7,10,13,15,18-19H,8-9,11-12H2,1H3,(H2,23,25)(H2,24,28)(H,26,29)/t13-,15?,18-,19?/m0/s1. The largest absolute Gasteiger partial charge is 0.384 e. The molecule has 2 aromatic rings. The molecule has 0 saturated carbocycles. The highest BCUT2D eigenvalue weighted by Gasteiger charge is 2.41. The van der Waals surface area contributed by atoms with Crippen molar-refractivity contribution < 1.29 is 9.59 Å². The molecule has 4 rings (SSSR count). The number of aryl methyl sites for hydroxylation is 1. The quantitative estimate of drug-likeness (QED) is 0.712. The van der Waals surface area contributed by atoms with Crippen molar-refractivity contribution in [2.45, 2.75) is 50.2 Å². The van der Waals surface area contributed by atoms with Crippen molar-refractivity contribution in [2.75, 3.05) is 12.3 Å². The zero-order chi connectivity index (χ0) is 20.5. The summed E-state index contributed by atoms with van der Waals surface area (Å²) >= 11 is 0. The Kier molecular flexibility index (Phi) is 5.24. The first-order chi connectivity index (χ1) is 13.9. The van der Waals surface area contributed by atoms with Gasteiger partial charge < -0.3 is 16.8 Å². The summed E-state index contributed by atoms with van der Waals surface area (Å²) in [6.45, 7) is 2.47. The second-order valence-electron chi connectivity index (χ2n) is 8.01. The monoisotopic (exact) mass is 393 g/mol. The number of aromatic nitrogens is 1. The van der Waals surface area contributed by atoms with E-state index in [1.807, 2.05) is 36.1 Å². The van der Waals surface area contributed by atoms with Crippen LogP contribution in [0.15, 0.2) is 42.5 Å². The first-order valence-electron chi connectivity index (χ1n) is 10.1. The summed E-state index contributed by atoms with van der Waals surface area (Å²) in [6, 6.07) is 12.8. The second kappa shape index (κ2) is 7.83. The minimum Gasteiger partial charge on any atom is -0.384 e. The highest BCUT2D eigenvalue weighted by Crippen LogP contribution is 2.34. The molecule has 29 heavy (non-hydrogen) atoms. The van der Waals surface area contributed by atoms with Gasteiger partial charge in [-0.1, -0.05) is 36.4 Å². The number of primary amides is 1. The normalized spacial score (nSPS) is 24.8. The van der Waals surface area contributed by atoms with E-state index < -0.39 is 12.1 Å². The van der Waals surface area contributed by atoms with Gasteiger partial charge >= 0.3 is 0 Å². The first kappa shape index (κ1) is 19.4. The fourth-order valence-corrected chi connectivity index (χ4v) is 4.61. The predicted molar refractivity (Wildman–Crippen MR) is 111 cm³/mol. The molecule has 0 radical (unpaired) electrons. The number of likely N-dealkylation sites (tertiary alicyclic amines) is 1. The van der Waals surface area contributed by atoms with Crippen molar-refractivity contribution in [3.8, 4) is 0 Å². The number of fused-ring (bicyclic) bond motifs is 1. The lowest BCUT2D eigenvalue weighted by Gasteiger charge is -2.29. The third-order valence-electron chi connectivity index (χ3n) is 6.21. The molecule has 1 aromatic carbocycles. The van der Waals surface area contributed by atoms with Crippen LogP contribution in [0.1, 0.15) is 48.5 Å². The molecule has 5 N–H and O–H groups in total. The molecule has 2 aliphatic rings. The number of hydrogen-bond donors (Lipinski definition) is 3. The Bertz CT molecular complexity index is 917. The lowest BCUT2D eigenvalue weighted by atomic mass is 9.96. The molecule has 1 aliphatic carbocycles. The number of nitrogens with two attached hydrogens (primary N) is 2. The van der Waals surface area contributed by atoms with Crippen molar-refractivity contribution in [2.24, 2.45) is 5.73 Å². The summed E-state index contributed by atoms with van der Waals surface area (Å²) in [7, 11) is 0. The van der Waals surface area contributed by atoms with Gasteiger partial charge in [-0.25, -0.2) is 4.98 Å². The number of carbonyl (C=O) groups is 2. The van der Waals surface area contributed by atoms with Crippen LogP contribution in [0.5, 0.6) is 0 Å². The van der Waals surface area contributed by atoms with Gasteiger partial charge in [0.15, 0.2) is 0 Å². The van der Waals surface area contributed by atoms with Crippen molar-refractivity contribution in [3.63, 3.8) is 0 Å². The Morgan fingerprint density at radius 3 is 2.69 bits per heavy atom. The maximum absolute atomic E-state index is 13.0. The van der Waals surface area contributed by atoms with E-state index in [-0.39, 0.29) is 23.8 Å². The maximum atomic E-state index is 13.0. The number of carbonyl (C=O) groups excluding carboxylic acids is 2. The van der Waals surface area contributed by atoms with E-state index in [4.69, 9.17) is 11.5 Å². The molecule has 7 heteroatoms. The van der Waals surface area contributed by atoms with Crippen LogP contribution < -0.4 is 16.8 Å². The van der Waals surface area contributed by atoms with E-state index in [0.717, 1.165) is 24.1 Å². The van der Waals surface area contributed by atoms with Crippen LogP contribution in [0, 0.1) is 0 Å². The molecule has 1 aromatic heterocycles. The molecule has 1 saturated heterocycles.